The van der Waals surface area contributed by atoms with E-state index in [1.807, 2.05) is 25.2 Å². The summed E-state index contributed by atoms with van der Waals surface area (Å²) in [4.78, 5) is 17.4. The highest BCUT2D eigenvalue weighted by atomic mass is 79.9. The van der Waals surface area contributed by atoms with Gasteiger partial charge in [0.2, 0.25) is 0 Å². The molecule has 0 N–H and O–H groups in total. The summed E-state index contributed by atoms with van der Waals surface area (Å²) >= 11 is 3.51. The first-order valence-electron chi connectivity index (χ1n) is 7.86. The molecule has 0 spiro atoms. The van der Waals surface area contributed by atoms with E-state index >= 15 is 0 Å². The van der Waals surface area contributed by atoms with Gasteiger partial charge in [-0.3, -0.25) is 14.5 Å². The van der Waals surface area contributed by atoms with Crippen molar-refractivity contribution < 1.29 is 9.18 Å². The third kappa shape index (κ3) is 2.28. The predicted molar refractivity (Wildman–Crippen MR) is 98.9 cm³/mol. The molecule has 0 bridgehead atoms. The highest BCUT2D eigenvalue weighted by Crippen LogP contribution is 2.34. The molecule has 0 fully saturated rings. The number of halogens is 2. The summed E-state index contributed by atoms with van der Waals surface area (Å²) in [6.07, 6.45) is 0. The lowest BCUT2D eigenvalue weighted by molar-refractivity contribution is 0.0908. The van der Waals surface area contributed by atoms with E-state index in [1.54, 1.807) is 30.7 Å². The normalized spacial score (nSPS) is 16.0. The SMILES string of the molecule is Cn1nc2c(Br)cccc2c1C1=NC(C)(C)C(=O)c2c(F)cccc21. The zero-order valence-corrected chi connectivity index (χ0v) is 15.6. The molecule has 0 atom stereocenters. The number of benzene rings is 2. The lowest BCUT2D eigenvalue weighted by Crippen LogP contribution is -2.38. The maximum Gasteiger partial charge on any atom is 0.193 e. The fraction of sp³-hybridized carbons (Fsp3) is 0.211. The van der Waals surface area contributed by atoms with Gasteiger partial charge in [-0.1, -0.05) is 24.3 Å². The van der Waals surface area contributed by atoms with E-state index in [0.29, 0.717) is 11.3 Å². The number of hydrogen-bond acceptors (Lipinski definition) is 3. The molecule has 3 aromatic rings. The minimum absolute atomic E-state index is 0.0989. The Bertz CT molecular complexity index is 1080. The van der Waals surface area contributed by atoms with Gasteiger partial charge >= 0.3 is 0 Å². The fourth-order valence-electron chi connectivity index (χ4n) is 3.29. The van der Waals surface area contributed by atoms with Crippen LogP contribution in [0.3, 0.4) is 0 Å². The van der Waals surface area contributed by atoms with Gasteiger partial charge in [0.25, 0.3) is 0 Å². The molecule has 1 aliphatic heterocycles. The Morgan fingerprint density at radius 2 is 1.88 bits per heavy atom. The number of carbonyl (C=O) groups excluding carboxylic acids is 1. The van der Waals surface area contributed by atoms with Crippen molar-refractivity contribution in [2.24, 2.45) is 12.0 Å². The van der Waals surface area contributed by atoms with E-state index in [9.17, 15) is 9.18 Å². The molecule has 0 saturated carbocycles. The maximum absolute atomic E-state index is 14.5. The molecule has 2 aromatic carbocycles. The van der Waals surface area contributed by atoms with Crippen LogP contribution in [0.15, 0.2) is 45.9 Å². The number of rotatable bonds is 1. The number of Topliss-reactive ketones (excluding diaryl/α,β-unsaturated/α-hetero) is 1. The van der Waals surface area contributed by atoms with Gasteiger partial charge in [0.1, 0.15) is 16.9 Å². The Morgan fingerprint density at radius 1 is 1.16 bits per heavy atom. The summed E-state index contributed by atoms with van der Waals surface area (Å²) in [7, 11) is 1.83. The summed E-state index contributed by atoms with van der Waals surface area (Å²) < 4.78 is 17.1. The smallest absolute Gasteiger partial charge is 0.193 e. The van der Waals surface area contributed by atoms with Crippen LogP contribution in [0.4, 0.5) is 4.39 Å². The predicted octanol–water partition coefficient (Wildman–Crippen LogP) is 4.29. The topological polar surface area (TPSA) is 47.2 Å². The maximum atomic E-state index is 14.5. The van der Waals surface area contributed by atoms with Crippen molar-refractivity contribution >= 4 is 38.3 Å². The van der Waals surface area contributed by atoms with E-state index in [-0.39, 0.29) is 11.3 Å². The first-order valence-corrected chi connectivity index (χ1v) is 8.65. The zero-order valence-electron chi connectivity index (χ0n) is 14.0. The molecule has 0 unspecified atom stereocenters. The van der Waals surface area contributed by atoms with Crippen LogP contribution < -0.4 is 0 Å². The van der Waals surface area contributed by atoms with E-state index in [4.69, 9.17) is 0 Å². The second-order valence-electron chi connectivity index (χ2n) is 6.62. The summed E-state index contributed by atoms with van der Waals surface area (Å²) in [5.41, 5.74) is 1.73. The number of aliphatic imine (C=N–C) groups is 1. The van der Waals surface area contributed by atoms with Crippen LogP contribution in [0.2, 0.25) is 0 Å². The van der Waals surface area contributed by atoms with Gasteiger partial charge in [0.05, 0.1) is 17.0 Å². The minimum Gasteiger partial charge on any atom is -0.291 e. The molecule has 25 heavy (non-hydrogen) atoms. The molecule has 0 aliphatic carbocycles. The van der Waals surface area contributed by atoms with Crippen molar-refractivity contribution in [3.63, 3.8) is 0 Å². The Morgan fingerprint density at radius 3 is 2.64 bits per heavy atom. The number of carbonyl (C=O) groups is 1. The average Bonchev–Trinajstić information content (AvgIpc) is 2.88. The van der Waals surface area contributed by atoms with E-state index in [0.717, 1.165) is 21.1 Å². The van der Waals surface area contributed by atoms with Crippen LogP contribution in [0, 0.1) is 5.82 Å². The van der Waals surface area contributed by atoms with Crippen LogP contribution in [0.5, 0.6) is 0 Å². The molecule has 1 aliphatic rings. The van der Waals surface area contributed by atoms with Gasteiger partial charge in [0, 0.05) is 22.5 Å². The minimum atomic E-state index is -1.03. The Hall–Kier alpha value is -2.34. The highest BCUT2D eigenvalue weighted by Gasteiger charge is 2.38. The van der Waals surface area contributed by atoms with Gasteiger partial charge < -0.3 is 0 Å². The third-order valence-electron chi connectivity index (χ3n) is 4.48. The van der Waals surface area contributed by atoms with Gasteiger partial charge in [0.15, 0.2) is 5.78 Å². The molecular weight excluding hydrogens is 385 g/mol. The first kappa shape index (κ1) is 16.1. The number of ketones is 1. The molecule has 4 nitrogen and oxygen atoms in total. The summed E-state index contributed by atoms with van der Waals surface area (Å²) in [6, 6.07) is 10.4. The fourth-order valence-corrected chi connectivity index (χ4v) is 3.74. The Labute approximate surface area is 152 Å². The highest BCUT2D eigenvalue weighted by molar-refractivity contribution is 9.10. The molecule has 2 heterocycles. The van der Waals surface area contributed by atoms with E-state index < -0.39 is 11.4 Å². The number of hydrogen-bond donors (Lipinski definition) is 0. The van der Waals surface area contributed by atoms with E-state index in [2.05, 4.69) is 26.0 Å². The van der Waals surface area contributed by atoms with Gasteiger partial charge in [-0.05, 0) is 41.9 Å². The molecule has 126 valence electrons. The Kier molecular flexibility index (Phi) is 3.44. The largest absolute Gasteiger partial charge is 0.291 e. The second-order valence-corrected chi connectivity index (χ2v) is 7.47. The van der Waals surface area contributed by atoms with Crippen LogP contribution in [-0.2, 0) is 7.05 Å². The van der Waals surface area contributed by atoms with Crippen molar-refractivity contribution in [3.8, 4) is 0 Å². The van der Waals surface area contributed by atoms with Crippen LogP contribution in [0.25, 0.3) is 10.9 Å². The number of nitrogens with zero attached hydrogens (tertiary/aromatic N) is 3. The molecule has 0 radical (unpaired) electrons. The van der Waals surface area contributed by atoms with Gasteiger partial charge in [-0.15, -0.1) is 0 Å². The molecule has 0 amide bonds. The first-order chi connectivity index (χ1) is 11.8. The van der Waals surface area contributed by atoms with Crippen molar-refractivity contribution in [2.45, 2.75) is 19.4 Å². The van der Waals surface area contributed by atoms with E-state index in [1.165, 1.54) is 6.07 Å². The van der Waals surface area contributed by atoms with Crippen molar-refractivity contribution in [3.05, 3.63) is 63.5 Å². The standard InChI is InChI=1S/C19H15BrFN3O/c1-19(2)18(25)14-10(6-5-9-13(14)21)16(22-19)17-11-7-4-8-12(20)15(11)23-24(17)3/h4-9H,1-3H3. The average molecular weight is 400 g/mol. The summed E-state index contributed by atoms with van der Waals surface area (Å²) in [5, 5.41) is 5.46. The quantitative estimate of drug-likeness (QED) is 0.612. The number of aromatic nitrogens is 2. The van der Waals surface area contributed by atoms with Gasteiger partial charge in [-0.25, -0.2) is 4.39 Å². The Balaban J connectivity index is 2.10. The number of aryl methyl sites for hydroxylation is 1. The van der Waals surface area contributed by atoms with Crippen molar-refractivity contribution in [1.82, 2.24) is 9.78 Å². The van der Waals surface area contributed by atoms with Gasteiger partial charge in [-0.2, -0.15) is 5.10 Å². The molecule has 6 heteroatoms. The zero-order chi connectivity index (χ0) is 17.9. The van der Waals surface area contributed by atoms with Crippen LogP contribution in [0.1, 0.15) is 35.5 Å². The van der Waals surface area contributed by atoms with Crippen molar-refractivity contribution in [1.29, 1.82) is 0 Å². The number of fused-ring (bicyclic) bond motifs is 2. The molecule has 4 rings (SSSR count). The molecular formula is C19H15BrFN3O. The summed E-state index contributed by atoms with van der Waals surface area (Å²) in [6.45, 7) is 3.42. The molecule has 1 aromatic heterocycles. The lowest BCUT2D eigenvalue weighted by atomic mass is 9.84. The third-order valence-corrected chi connectivity index (χ3v) is 5.12. The van der Waals surface area contributed by atoms with Crippen LogP contribution >= 0.6 is 15.9 Å². The molecule has 0 saturated heterocycles. The lowest BCUT2D eigenvalue weighted by Gasteiger charge is -2.28. The monoisotopic (exact) mass is 399 g/mol. The summed E-state index contributed by atoms with van der Waals surface area (Å²) in [5.74, 6) is -0.826. The van der Waals surface area contributed by atoms with Crippen LogP contribution in [-0.4, -0.2) is 26.8 Å². The second kappa shape index (κ2) is 5.33. The van der Waals surface area contributed by atoms with Crippen molar-refractivity contribution in [2.75, 3.05) is 0 Å².